The molecule has 4 fully saturated rings. The molecule has 1 aliphatic heterocycles. The third-order valence-electron chi connectivity index (χ3n) is 10.1. The highest BCUT2D eigenvalue weighted by atomic mass is 16.2. The van der Waals surface area contributed by atoms with E-state index in [0.717, 1.165) is 44.9 Å². The molecule has 0 spiro atoms. The first-order valence-electron chi connectivity index (χ1n) is 15.8. The van der Waals surface area contributed by atoms with Crippen LogP contribution in [0, 0.1) is 34.5 Å². The number of hydrogen-bond donors (Lipinski definition) is 4. The minimum absolute atomic E-state index is 0.0754. The van der Waals surface area contributed by atoms with E-state index in [1.54, 1.807) is 4.90 Å². The Morgan fingerprint density at radius 3 is 2.24 bits per heavy atom. The Hall–Kier alpha value is -2.75. The topological polar surface area (TPSA) is 151 Å². The van der Waals surface area contributed by atoms with Crippen molar-refractivity contribution in [2.24, 2.45) is 40.2 Å². The fourth-order valence-corrected chi connectivity index (χ4v) is 7.16. The average Bonchev–Trinajstić information content (AvgIpc) is 3.80. The number of ketones is 1. The van der Waals surface area contributed by atoms with Gasteiger partial charge in [-0.1, -0.05) is 72.8 Å². The van der Waals surface area contributed by atoms with Gasteiger partial charge in [0.15, 0.2) is 0 Å². The van der Waals surface area contributed by atoms with Gasteiger partial charge < -0.3 is 26.6 Å². The van der Waals surface area contributed by atoms with E-state index in [1.807, 2.05) is 20.8 Å². The van der Waals surface area contributed by atoms with E-state index in [0.29, 0.717) is 13.0 Å². The molecular formula is C32H51N5O5. The van der Waals surface area contributed by atoms with Crippen LogP contribution in [-0.4, -0.2) is 71.6 Å². The molecule has 4 amide bonds. The summed E-state index contributed by atoms with van der Waals surface area (Å²) in [4.78, 5) is 68.6. The summed E-state index contributed by atoms with van der Waals surface area (Å²) < 4.78 is 0. The zero-order chi connectivity index (χ0) is 31.0. The van der Waals surface area contributed by atoms with Crippen molar-refractivity contribution in [3.8, 4) is 0 Å². The second-order valence-electron chi connectivity index (χ2n) is 14.7. The Bertz CT molecular complexity index is 1090. The highest BCUT2D eigenvalue weighted by molar-refractivity contribution is 6.38. The van der Waals surface area contributed by atoms with Gasteiger partial charge in [-0.3, -0.25) is 24.0 Å². The van der Waals surface area contributed by atoms with E-state index < -0.39 is 47.2 Å². The lowest BCUT2D eigenvalue weighted by Crippen LogP contribution is -2.62. The smallest absolute Gasteiger partial charge is 0.289 e. The summed E-state index contributed by atoms with van der Waals surface area (Å²) in [6, 6.07) is -3.31. The van der Waals surface area contributed by atoms with Gasteiger partial charge in [0.2, 0.25) is 23.5 Å². The third kappa shape index (κ3) is 6.90. The quantitative estimate of drug-likeness (QED) is 0.203. The Morgan fingerprint density at radius 1 is 1.02 bits per heavy atom. The zero-order valence-electron chi connectivity index (χ0n) is 26.0. The molecule has 0 radical (unpaired) electrons. The molecule has 234 valence electrons. The maximum absolute atomic E-state index is 14.2. The average molecular weight is 586 g/mol. The molecule has 0 aromatic heterocycles. The first kappa shape index (κ1) is 32.2. The van der Waals surface area contributed by atoms with Gasteiger partial charge in [-0.25, -0.2) is 0 Å². The Kier molecular flexibility index (Phi) is 9.55. The lowest BCUT2D eigenvalue weighted by Gasteiger charge is -2.38. The van der Waals surface area contributed by atoms with Crippen LogP contribution < -0.4 is 21.7 Å². The molecule has 6 atom stereocenters. The second kappa shape index (κ2) is 12.5. The van der Waals surface area contributed by atoms with Crippen LogP contribution in [0.15, 0.2) is 12.7 Å². The maximum atomic E-state index is 14.2. The first-order valence-corrected chi connectivity index (χ1v) is 15.8. The standard InChI is InChI=1S/C32H51N5O5/c1-7-15-34-29(41)25(38)21(16-18-13-14-18)35-28(40)24-22-20(32(22,5)6)17-37(24)30(42)26(31(2,3)4)36-27(39)23(33)19-11-9-8-10-12-19/h7,18-24,26H,1,8-17,33H2,2-6H3,(H,34,41)(H,35,40)(H,36,39)/t20-,21?,22-,23-,24-,26+/m0/s1. The predicted octanol–water partition coefficient (Wildman–Crippen LogP) is 2.06. The number of carbonyl (C=O) groups excluding carboxylic acids is 5. The van der Waals surface area contributed by atoms with Gasteiger partial charge in [0.25, 0.3) is 5.91 Å². The van der Waals surface area contributed by atoms with E-state index >= 15 is 0 Å². The molecule has 0 aromatic rings. The van der Waals surface area contributed by atoms with Crippen molar-refractivity contribution in [1.82, 2.24) is 20.9 Å². The molecule has 3 saturated carbocycles. The molecule has 0 aromatic carbocycles. The number of hydrogen-bond acceptors (Lipinski definition) is 6. The number of likely N-dealkylation sites (tertiary alicyclic amines) is 1. The van der Waals surface area contributed by atoms with Gasteiger partial charge in [0.1, 0.15) is 12.1 Å². The number of nitrogens with one attached hydrogen (secondary N) is 3. The number of piperidine rings is 1. The fourth-order valence-electron chi connectivity index (χ4n) is 7.16. The van der Waals surface area contributed by atoms with Crippen LogP contribution in [0.5, 0.6) is 0 Å². The molecule has 1 saturated heterocycles. The summed E-state index contributed by atoms with van der Waals surface area (Å²) >= 11 is 0. The summed E-state index contributed by atoms with van der Waals surface area (Å²) in [5.41, 5.74) is 5.62. The van der Waals surface area contributed by atoms with Crippen LogP contribution in [0.3, 0.4) is 0 Å². The predicted molar refractivity (Wildman–Crippen MR) is 160 cm³/mol. The van der Waals surface area contributed by atoms with Gasteiger partial charge in [-0.05, 0) is 53.8 Å². The minimum Gasteiger partial charge on any atom is -0.346 e. The second-order valence-corrected chi connectivity index (χ2v) is 14.7. The van der Waals surface area contributed by atoms with Crippen molar-refractivity contribution in [2.75, 3.05) is 13.1 Å². The summed E-state index contributed by atoms with van der Waals surface area (Å²) in [5.74, 6) is -2.07. The number of fused-ring (bicyclic) bond motifs is 1. The Balaban J connectivity index is 1.52. The highest BCUT2D eigenvalue weighted by Crippen LogP contribution is 2.65. The van der Waals surface area contributed by atoms with Gasteiger partial charge in [0.05, 0.1) is 12.1 Å². The first-order chi connectivity index (χ1) is 19.7. The van der Waals surface area contributed by atoms with Crippen LogP contribution in [0.2, 0.25) is 0 Å². The van der Waals surface area contributed by atoms with Crippen molar-refractivity contribution < 1.29 is 24.0 Å². The molecule has 0 bridgehead atoms. The van der Waals surface area contributed by atoms with Crippen LogP contribution >= 0.6 is 0 Å². The normalized spacial score (nSPS) is 27.2. The number of Topliss-reactive ketones (excluding diaryl/α,β-unsaturated/α-hetero) is 1. The molecule has 10 heteroatoms. The summed E-state index contributed by atoms with van der Waals surface area (Å²) in [6.45, 7) is 14.0. The zero-order valence-corrected chi connectivity index (χ0v) is 26.0. The highest BCUT2D eigenvalue weighted by Gasteiger charge is 2.70. The van der Waals surface area contributed by atoms with E-state index in [2.05, 4.69) is 36.4 Å². The van der Waals surface area contributed by atoms with Crippen LogP contribution in [0.1, 0.15) is 86.0 Å². The summed E-state index contributed by atoms with van der Waals surface area (Å²) in [6.07, 6.45) is 8.85. The lowest BCUT2D eigenvalue weighted by molar-refractivity contribution is -0.147. The molecule has 3 aliphatic carbocycles. The number of nitrogens with two attached hydrogens (primary N) is 1. The van der Waals surface area contributed by atoms with Crippen molar-refractivity contribution in [2.45, 2.75) is 110 Å². The number of amides is 4. The number of rotatable bonds is 12. The molecule has 1 heterocycles. The molecule has 4 rings (SSSR count). The Labute approximate surface area is 250 Å². The van der Waals surface area contributed by atoms with E-state index in [-0.39, 0.29) is 47.4 Å². The molecule has 42 heavy (non-hydrogen) atoms. The Morgan fingerprint density at radius 2 is 1.67 bits per heavy atom. The van der Waals surface area contributed by atoms with Crippen LogP contribution in [0.25, 0.3) is 0 Å². The minimum atomic E-state index is -0.959. The monoisotopic (exact) mass is 585 g/mol. The van der Waals surface area contributed by atoms with E-state index in [1.165, 1.54) is 6.08 Å². The molecule has 4 aliphatic rings. The molecular weight excluding hydrogens is 534 g/mol. The van der Waals surface area contributed by atoms with Crippen molar-refractivity contribution in [3.05, 3.63) is 12.7 Å². The number of carbonyl (C=O) groups is 5. The molecule has 1 unspecified atom stereocenters. The molecule has 10 nitrogen and oxygen atoms in total. The van der Waals surface area contributed by atoms with Crippen LogP contribution in [0.4, 0.5) is 0 Å². The molecule has 5 N–H and O–H groups in total. The maximum Gasteiger partial charge on any atom is 0.289 e. The SMILES string of the molecule is C=CCNC(=O)C(=O)C(CC1CC1)NC(=O)[C@@H]1[C@@H]2[C@H](CN1C(=O)[C@@H](NC(=O)[C@@H](N)C1CCCCC1)C(C)(C)C)C2(C)C. The van der Waals surface area contributed by atoms with E-state index in [4.69, 9.17) is 5.73 Å². The summed E-state index contributed by atoms with van der Waals surface area (Å²) in [7, 11) is 0. The van der Waals surface area contributed by atoms with Crippen LogP contribution in [-0.2, 0) is 24.0 Å². The van der Waals surface area contributed by atoms with Crippen molar-refractivity contribution >= 4 is 29.4 Å². The van der Waals surface area contributed by atoms with Gasteiger partial charge >= 0.3 is 0 Å². The van der Waals surface area contributed by atoms with Gasteiger partial charge in [-0.2, -0.15) is 0 Å². The van der Waals surface area contributed by atoms with Gasteiger partial charge in [-0.15, -0.1) is 6.58 Å². The summed E-state index contributed by atoms with van der Waals surface area (Å²) in [5, 5.41) is 8.35. The third-order valence-corrected chi connectivity index (χ3v) is 10.1. The fraction of sp³-hybridized carbons (Fsp3) is 0.781. The number of nitrogens with zero attached hydrogens (tertiary/aromatic N) is 1. The van der Waals surface area contributed by atoms with Crippen molar-refractivity contribution in [1.29, 1.82) is 0 Å². The van der Waals surface area contributed by atoms with Crippen molar-refractivity contribution in [3.63, 3.8) is 0 Å². The lowest BCUT2D eigenvalue weighted by atomic mass is 9.82. The van der Waals surface area contributed by atoms with Gasteiger partial charge in [0, 0.05) is 13.1 Å². The largest absolute Gasteiger partial charge is 0.346 e. The van der Waals surface area contributed by atoms with E-state index in [9.17, 15) is 24.0 Å².